The zero-order chi connectivity index (χ0) is 75.7. The molecular formula is C104H82N6O2. The first-order valence-electron chi connectivity index (χ1n) is 38.6. The standard InChI is InChI=1S/C104H82N6O2/c1-69-55-99(78-17-5-3-6-18-78)107-66-86(69)42-36-75-58-76(37-43-87-67-108-100(56-70(87)2)79-19-7-4-8-20-79)62-89(61-75)91-23-11-13-25-93(91)95-68-109-102(65-104(95)112)83-46-44-77(45-47-83)84-52-54-106-101(63-84)82-40-34-72(35-41-82)29-31-74-57-73(30-28-71-32-38-81(39-33-71)96-26-15-16-53-105-96)59-88(60-74)90-22-10-12-24-92(90)94-50-48-85(64-103(94)111)98-51-49-80-21-9-14-27-97(80)110-98/h3-27,32-35,38-41,44-68,111H,28-31,36-37,42-43H2,1-2H3,(H,109,112). The fourth-order valence-corrected chi connectivity index (χ4v) is 15.5. The van der Waals surface area contributed by atoms with Crippen LogP contribution in [-0.2, 0) is 51.4 Å². The minimum Gasteiger partial charge on any atom is -0.507 e. The van der Waals surface area contributed by atoms with Crippen molar-refractivity contribution >= 4 is 10.9 Å². The van der Waals surface area contributed by atoms with Gasteiger partial charge in [0.2, 0.25) is 0 Å². The largest absolute Gasteiger partial charge is 0.507 e. The minimum absolute atomic E-state index is 0.162. The molecular weight excluding hydrogens is 1370 g/mol. The number of fused-ring (bicyclic) bond motifs is 1. The van der Waals surface area contributed by atoms with Gasteiger partial charge in [-0.2, -0.15) is 0 Å². The molecule has 2 N–H and O–H groups in total. The topological polar surface area (TPSA) is 118 Å². The molecule has 0 aliphatic carbocycles. The number of pyridine rings is 6. The minimum atomic E-state index is 0.162. The number of hydrogen-bond acceptors (Lipinski definition) is 8. The lowest BCUT2D eigenvalue weighted by Gasteiger charge is -2.16. The predicted molar refractivity (Wildman–Crippen MR) is 459 cm³/mol. The maximum atomic E-state index is 12.1. The van der Waals surface area contributed by atoms with Gasteiger partial charge in [-0.1, -0.05) is 255 Å². The third kappa shape index (κ3) is 16.2. The number of phenolic OH excluding ortho intramolecular Hbond substituents is 1. The van der Waals surface area contributed by atoms with E-state index in [9.17, 15) is 10.2 Å². The van der Waals surface area contributed by atoms with Crippen LogP contribution in [0.4, 0.5) is 0 Å². The van der Waals surface area contributed by atoms with Gasteiger partial charge in [0.1, 0.15) is 11.5 Å². The molecule has 0 aliphatic rings. The van der Waals surface area contributed by atoms with Gasteiger partial charge in [-0.3, -0.25) is 24.9 Å². The molecule has 17 rings (SSSR count). The van der Waals surface area contributed by atoms with Gasteiger partial charge in [0.05, 0.1) is 39.7 Å². The van der Waals surface area contributed by atoms with E-state index in [0.717, 1.165) is 174 Å². The Kier molecular flexibility index (Phi) is 20.7. The number of benzene rings is 11. The Balaban J connectivity index is 0.589. The van der Waals surface area contributed by atoms with E-state index >= 15 is 0 Å². The SMILES string of the molecule is Cc1cc(-c2ccccc2)ncc1CCc1cc(CCc2cnc(-c3ccccc3)cc2C)cc(-c2ccccc2-c2cnc(-c3ccc(-c4ccnc(-c5ccc(CCc6cc(CCc7ccc(-c8ccccn8)cc7)cc(-c7ccccc7-c7ccc(-c8ccc9ccccc9n8)cc7O)c6)cc5)c4)cc3)cc2O)c1. The molecule has 11 aromatic carbocycles. The summed E-state index contributed by atoms with van der Waals surface area (Å²) in [6.45, 7) is 4.38. The maximum absolute atomic E-state index is 12.1. The summed E-state index contributed by atoms with van der Waals surface area (Å²) in [5, 5.41) is 25.0. The first-order chi connectivity index (χ1) is 55.1. The van der Waals surface area contributed by atoms with Gasteiger partial charge >= 0.3 is 0 Å². The van der Waals surface area contributed by atoms with Crippen LogP contribution in [0.3, 0.4) is 0 Å². The van der Waals surface area contributed by atoms with Crippen molar-refractivity contribution in [3.8, 4) is 135 Å². The van der Waals surface area contributed by atoms with Crippen LogP contribution in [0.15, 0.2) is 353 Å². The van der Waals surface area contributed by atoms with Crippen molar-refractivity contribution < 1.29 is 10.2 Å². The van der Waals surface area contributed by atoms with Crippen LogP contribution in [0, 0.1) is 13.8 Å². The van der Waals surface area contributed by atoms with E-state index in [0.29, 0.717) is 11.3 Å². The summed E-state index contributed by atoms with van der Waals surface area (Å²) in [4.78, 5) is 29.2. The Morgan fingerprint density at radius 2 is 0.652 bits per heavy atom. The average Bonchev–Trinajstić information content (AvgIpc) is 0.784. The molecule has 0 amide bonds. The third-order valence-electron chi connectivity index (χ3n) is 21.7. The number of nitrogens with zero attached hydrogens (tertiary/aromatic N) is 6. The zero-order valence-electron chi connectivity index (χ0n) is 62.7. The van der Waals surface area contributed by atoms with Gasteiger partial charge < -0.3 is 10.2 Å². The summed E-state index contributed by atoms with van der Waals surface area (Å²) in [5.74, 6) is 0.371. The molecule has 8 nitrogen and oxygen atoms in total. The highest BCUT2D eigenvalue weighted by Gasteiger charge is 2.19. The lowest BCUT2D eigenvalue weighted by atomic mass is 9.89. The van der Waals surface area contributed by atoms with Gasteiger partial charge in [0, 0.05) is 86.9 Å². The molecule has 0 saturated carbocycles. The van der Waals surface area contributed by atoms with Gasteiger partial charge in [-0.15, -0.1) is 0 Å². The second-order valence-electron chi connectivity index (χ2n) is 29.2. The number of aromatic hydroxyl groups is 2. The van der Waals surface area contributed by atoms with Crippen molar-refractivity contribution in [3.05, 3.63) is 408 Å². The molecule has 112 heavy (non-hydrogen) atoms. The smallest absolute Gasteiger partial charge is 0.127 e. The van der Waals surface area contributed by atoms with E-state index in [1.165, 1.54) is 55.6 Å². The summed E-state index contributed by atoms with van der Waals surface area (Å²) in [6.07, 6.45) is 16.4. The van der Waals surface area contributed by atoms with Crippen molar-refractivity contribution in [1.82, 2.24) is 29.9 Å². The monoisotopic (exact) mass is 1450 g/mol. The van der Waals surface area contributed by atoms with E-state index in [1.54, 1.807) is 6.07 Å². The Hall–Kier alpha value is -13.8. The molecule has 0 fully saturated rings. The summed E-state index contributed by atoms with van der Waals surface area (Å²) < 4.78 is 0. The second-order valence-corrected chi connectivity index (χ2v) is 29.2. The summed E-state index contributed by atoms with van der Waals surface area (Å²) >= 11 is 0. The number of aromatic nitrogens is 6. The lowest BCUT2D eigenvalue weighted by Crippen LogP contribution is -2.01. The fourth-order valence-electron chi connectivity index (χ4n) is 15.5. The van der Waals surface area contributed by atoms with Crippen LogP contribution in [0.1, 0.15) is 55.6 Å². The Morgan fingerprint density at radius 3 is 1.20 bits per heavy atom. The molecule has 0 spiro atoms. The lowest BCUT2D eigenvalue weighted by molar-refractivity contribution is 0.476. The van der Waals surface area contributed by atoms with Gasteiger partial charge in [-0.25, -0.2) is 4.98 Å². The van der Waals surface area contributed by atoms with E-state index in [1.807, 2.05) is 110 Å². The molecule has 0 unspecified atom stereocenters. The molecule has 6 aromatic heterocycles. The summed E-state index contributed by atoms with van der Waals surface area (Å²) in [5.41, 5.74) is 34.5. The molecule has 0 aliphatic heterocycles. The summed E-state index contributed by atoms with van der Waals surface area (Å²) in [7, 11) is 0. The van der Waals surface area contributed by atoms with E-state index < -0.39 is 0 Å². The first kappa shape index (κ1) is 71.1. The third-order valence-corrected chi connectivity index (χ3v) is 21.7. The van der Waals surface area contributed by atoms with Crippen LogP contribution in [0.25, 0.3) is 134 Å². The number of hydrogen-bond donors (Lipinski definition) is 2. The molecule has 8 heteroatoms. The highest BCUT2D eigenvalue weighted by atomic mass is 16.3. The van der Waals surface area contributed by atoms with Gasteiger partial charge in [0.25, 0.3) is 0 Å². The van der Waals surface area contributed by atoms with Crippen LogP contribution >= 0.6 is 0 Å². The van der Waals surface area contributed by atoms with Crippen LogP contribution in [0.5, 0.6) is 11.5 Å². The Bertz CT molecular complexity index is 6110. The van der Waals surface area contributed by atoms with Crippen molar-refractivity contribution in [2.75, 3.05) is 0 Å². The van der Waals surface area contributed by atoms with Gasteiger partial charge in [0.15, 0.2) is 0 Å². The molecule has 0 saturated heterocycles. The predicted octanol–water partition coefficient (Wildman–Crippen LogP) is 24.7. The normalized spacial score (nSPS) is 11.3. The first-order valence-corrected chi connectivity index (χ1v) is 38.6. The number of aryl methyl sites for hydroxylation is 10. The fraction of sp³-hybridized carbons (Fsp3) is 0.0962. The van der Waals surface area contributed by atoms with Crippen LogP contribution in [0.2, 0.25) is 0 Å². The molecule has 0 radical (unpaired) electrons. The van der Waals surface area contributed by atoms with E-state index in [4.69, 9.17) is 24.9 Å². The molecule has 17 aromatic rings. The number of rotatable bonds is 23. The second kappa shape index (κ2) is 32.6. The highest BCUT2D eigenvalue weighted by molar-refractivity contribution is 5.90. The Labute approximate surface area is 655 Å². The van der Waals surface area contributed by atoms with Gasteiger partial charge in [-0.05, 0) is 226 Å². The molecule has 0 atom stereocenters. The van der Waals surface area contributed by atoms with Crippen LogP contribution < -0.4 is 0 Å². The van der Waals surface area contributed by atoms with Crippen molar-refractivity contribution in [1.29, 1.82) is 0 Å². The zero-order valence-corrected chi connectivity index (χ0v) is 62.7. The van der Waals surface area contributed by atoms with Crippen molar-refractivity contribution in [2.24, 2.45) is 0 Å². The summed E-state index contributed by atoms with van der Waals surface area (Å²) in [6, 6.07) is 112. The number of phenols is 1. The molecule has 540 valence electrons. The van der Waals surface area contributed by atoms with E-state index in [-0.39, 0.29) is 11.5 Å². The van der Waals surface area contributed by atoms with Crippen molar-refractivity contribution in [3.63, 3.8) is 0 Å². The maximum Gasteiger partial charge on any atom is 0.127 e. The quantitative estimate of drug-likeness (QED) is 0.0650. The number of para-hydroxylation sites is 1. The van der Waals surface area contributed by atoms with Crippen LogP contribution in [-0.4, -0.2) is 40.1 Å². The Morgan fingerprint density at radius 1 is 0.223 bits per heavy atom. The average molecular weight is 1450 g/mol. The molecule has 0 bridgehead atoms. The molecule has 6 heterocycles. The highest BCUT2D eigenvalue weighted by Crippen LogP contribution is 2.43. The van der Waals surface area contributed by atoms with Crippen molar-refractivity contribution in [2.45, 2.75) is 65.2 Å². The van der Waals surface area contributed by atoms with E-state index in [2.05, 4.69) is 255 Å².